The summed E-state index contributed by atoms with van der Waals surface area (Å²) in [7, 11) is -4.06. The molecule has 0 spiro atoms. The van der Waals surface area contributed by atoms with Gasteiger partial charge >= 0.3 is 0 Å². The molecule has 1 atom stereocenters. The van der Waals surface area contributed by atoms with Crippen molar-refractivity contribution in [2.75, 3.05) is 17.4 Å². The highest BCUT2D eigenvalue weighted by atomic mass is 32.2. The lowest BCUT2D eigenvalue weighted by molar-refractivity contribution is -0.139. The first-order chi connectivity index (χ1) is 18.0. The third-order valence-electron chi connectivity index (χ3n) is 6.22. The second kappa shape index (κ2) is 12.7. The van der Waals surface area contributed by atoms with Crippen LogP contribution in [0.4, 0.5) is 5.69 Å². The lowest BCUT2D eigenvalue weighted by Gasteiger charge is -2.32. The van der Waals surface area contributed by atoms with Crippen LogP contribution in [0.5, 0.6) is 0 Å². The fourth-order valence-corrected chi connectivity index (χ4v) is 5.44. The number of carbonyl (C=O) groups is 2. The minimum Gasteiger partial charge on any atom is -0.354 e. The first kappa shape index (κ1) is 28.9. The van der Waals surface area contributed by atoms with Gasteiger partial charge in [0.15, 0.2) is 0 Å². The minimum absolute atomic E-state index is 0.0846. The Hall–Kier alpha value is -3.65. The first-order valence-electron chi connectivity index (χ1n) is 12.8. The van der Waals surface area contributed by atoms with Crippen LogP contribution in [0, 0.1) is 19.8 Å². The topological polar surface area (TPSA) is 86.8 Å². The van der Waals surface area contributed by atoms with E-state index in [9.17, 15) is 18.0 Å². The molecule has 0 heterocycles. The monoisotopic (exact) mass is 535 g/mol. The molecule has 7 nitrogen and oxygen atoms in total. The Morgan fingerprint density at radius 2 is 1.50 bits per heavy atom. The number of hydrogen-bond acceptors (Lipinski definition) is 4. The van der Waals surface area contributed by atoms with Crippen LogP contribution in [0.1, 0.15) is 37.5 Å². The van der Waals surface area contributed by atoms with Gasteiger partial charge in [0, 0.05) is 13.1 Å². The largest absolute Gasteiger partial charge is 0.354 e. The second-order valence-electron chi connectivity index (χ2n) is 9.99. The molecular formula is C30H37N3O4S. The molecule has 3 aromatic rings. The summed E-state index contributed by atoms with van der Waals surface area (Å²) in [6, 6.07) is 21.9. The highest BCUT2D eigenvalue weighted by Gasteiger charge is 2.32. The summed E-state index contributed by atoms with van der Waals surface area (Å²) in [6.07, 6.45) is 0. The number of sulfonamides is 1. The average molecular weight is 536 g/mol. The highest BCUT2D eigenvalue weighted by molar-refractivity contribution is 7.92. The molecule has 0 aromatic heterocycles. The fourth-order valence-electron chi connectivity index (χ4n) is 4.00. The Labute approximate surface area is 226 Å². The molecule has 1 N–H and O–H groups in total. The van der Waals surface area contributed by atoms with E-state index in [2.05, 4.69) is 5.32 Å². The maximum Gasteiger partial charge on any atom is 0.264 e. The smallest absolute Gasteiger partial charge is 0.264 e. The van der Waals surface area contributed by atoms with Gasteiger partial charge in [-0.15, -0.1) is 0 Å². The van der Waals surface area contributed by atoms with Crippen molar-refractivity contribution in [3.05, 3.63) is 95.6 Å². The molecule has 0 radical (unpaired) electrons. The summed E-state index contributed by atoms with van der Waals surface area (Å²) in [5, 5.41) is 2.90. The van der Waals surface area contributed by atoms with Crippen LogP contribution in [0.25, 0.3) is 0 Å². The number of benzene rings is 3. The number of aryl methyl sites for hydroxylation is 2. The van der Waals surface area contributed by atoms with Crippen molar-refractivity contribution < 1.29 is 18.0 Å². The summed E-state index contributed by atoms with van der Waals surface area (Å²) >= 11 is 0. The minimum atomic E-state index is -4.06. The van der Waals surface area contributed by atoms with E-state index in [1.165, 1.54) is 17.0 Å². The Balaban J connectivity index is 1.99. The van der Waals surface area contributed by atoms with Crippen molar-refractivity contribution in [2.45, 2.75) is 52.1 Å². The van der Waals surface area contributed by atoms with Gasteiger partial charge < -0.3 is 10.2 Å². The molecule has 38 heavy (non-hydrogen) atoms. The third kappa shape index (κ3) is 7.44. The summed E-state index contributed by atoms with van der Waals surface area (Å²) in [5.41, 5.74) is 3.23. The number of nitrogens with zero attached hydrogens (tertiary/aromatic N) is 2. The molecule has 0 aliphatic heterocycles. The van der Waals surface area contributed by atoms with Crippen molar-refractivity contribution in [2.24, 2.45) is 5.92 Å². The summed E-state index contributed by atoms with van der Waals surface area (Å²) < 4.78 is 28.6. The zero-order valence-corrected chi connectivity index (χ0v) is 23.5. The normalized spacial score (nSPS) is 12.2. The SMILES string of the molecule is Cc1ccc(N(CC(=O)N(Cc2cccc(C)c2)[C@H](C)C(=O)NCC(C)C)S(=O)(=O)c2ccccc2)cc1. The van der Waals surface area contributed by atoms with Gasteiger partial charge in [0.25, 0.3) is 10.0 Å². The molecule has 0 bridgehead atoms. The van der Waals surface area contributed by atoms with Crippen LogP contribution >= 0.6 is 0 Å². The molecule has 2 amide bonds. The molecule has 0 fully saturated rings. The molecule has 3 rings (SSSR count). The molecule has 3 aromatic carbocycles. The molecule has 0 saturated carbocycles. The number of hydrogen-bond donors (Lipinski definition) is 1. The fraction of sp³-hybridized carbons (Fsp3) is 0.333. The van der Waals surface area contributed by atoms with Gasteiger partial charge in [-0.05, 0) is 56.5 Å². The van der Waals surface area contributed by atoms with Crippen LogP contribution in [0.3, 0.4) is 0 Å². The van der Waals surface area contributed by atoms with Gasteiger partial charge in [-0.25, -0.2) is 8.42 Å². The average Bonchev–Trinajstić information content (AvgIpc) is 2.89. The molecule has 202 valence electrons. The molecule has 8 heteroatoms. The van der Waals surface area contributed by atoms with Crippen LogP contribution in [0.2, 0.25) is 0 Å². The van der Waals surface area contributed by atoms with Crippen LogP contribution in [0.15, 0.2) is 83.8 Å². The Morgan fingerprint density at radius 1 is 0.842 bits per heavy atom. The van der Waals surface area contributed by atoms with E-state index in [0.717, 1.165) is 21.0 Å². The number of amides is 2. The van der Waals surface area contributed by atoms with Gasteiger partial charge in [-0.3, -0.25) is 13.9 Å². The lowest BCUT2D eigenvalue weighted by Crippen LogP contribution is -2.51. The van der Waals surface area contributed by atoms with E-state index in [4.69, 9.17) is 0 Å². The predicted octanol–water partition coefficient (Wildman–Crippen LogP) is 4.69. The van der Waals surface area contributed by atoms with E-state index in [0.29, 0.717) is 12.2 Å². The number of anilines is 1. The van der Waals surface area contributed by atoms with Gasteiger partial charge in [-0.1, -0.05) is 79.6 Å². The van der Waals surface area contributed by atoms with Crippen LogP contribution in [-0.2, 0) is 26.2 Å². The van der Waals surface area contributed by atoms with E-state index in [-0.39, 0.29) is 23.3 Å². The van der Waals surface area contributed by atoms with Crippen molar-refractivity contribution in [1.82, 2.24) is 10.2 Å². The van der Waals surface area contributed by atoms with Gasteiger partial charge in [0.1, 0.15) is 12.6 Å². The first-order valence-corrected chi connectivity index (χ1v) is 14.2. The van der Waals surface area contributed by atoms with Crippen molar-refractivity contribution >= 4 is 27.5 Å². The Bertz CT molecular complexity index is 1340. The molecule has 0 aliphatic rings. The zero-order valence-electron chi connectivity index (χ0n) is 22.7. The highest BCUT2D eigenvalue weighted by Crippen LogP contribution is 2.25. The van der Waals surface area contributed by atoms with Crippen LogP contribution in [-0.4, -0.2) is 44.3 Å². The maximum atomic E-state index is 13.9. The summed E-state index contributed by atoms with van der Waals surface area (Å²) in [4.78, 5) is 28.4. The van der Waals surface area contributed by atoms with Gasteiger partial charge in [0.2, 0.25) is 11.8 Å². The maximum absolute atomic E-state index is 13.9. The van der Waals surface area contributed by atoms with Crippen LogP contribution < -0.4 is 9.62 Å². The van der Waals surface area contributed by atoms with Gasteiger partial charge in [-0.2, -0.15) is 0 Å². The second-order valence-corrected chi connectivity index (χ2v) is 11.8. The van der Waals surface area contributed by atoms with Crippen molar-refractivity contribution in [1.29, 1.82) is 0 Å². The Kier molecular flexibility index (Phi) is 9.69. The molecule has 0 aliphatic carbocycles. The van der Waals surface area contributed by atoms with E-state index >= 15 is 0 Å². The van der Waals surface area contributed by atoms with E-state index in [1.807, 2.05) is 52.0 Å². The summed E-state index contributed by atoms with van der Waals surface area (Å²) in [5.74, 6) is -0.508. The third-order valence-corrected chi connectivity index (χ3v) is 8.01. The number of nitrogens with one attached hydrogen (secondary N) is 1. The Morgan fingerprint density at radius 3 is 2.11 bits per heavy atom. The van der Waals surface area contributed by atoms with E-state index < -0.39 is 28.5 Å². The standard InChI is InChI=1S/C30H37N3O4S/c1-22(2)19-31-30(35)25(5)32(20-26-11-9-10-24(4)18-26)29(34)21-33(27-16-14-23(3)15-17-27)38(36,37)28-12-7-6-8-13-28/h6-18,22,25H,19-21H2,1-5H3,(H,31,35)/t25-/m1/s1. The molecule has 0 saturated heterocycles. The summed E-state index contributed by atoms with van der Waals surface area (Å²) in [6.45, 7) is 9.73. The lowest BCUT2D eigenvalue weighted by atomic mass is 10.1. The number of rotatable bonds is 11. The number of carbonyl (C=O) groups excluding carboxylic acids is 2. The van der Waals surface area contributed by atoms with Gasteiger partial charge in [0.05, 0.1) is 10.6 Å². The van der Waals surface area contributed by atoms with Crippen molar-refractivity contribution in [3.63, 3.8) is 0 Å². The van der Waals surface area contributed by atoms with Crippen molar-refractivity contribution in [3.8, 4) is 0 Å². The van der Waals surface area contributed by atoms with E-state index in [1.54, 1.807) is 49.4 Å². The predicted molar refractivity (Wildman–Crippen MR) is 151 cm³/mol. The molecular weight excluding hydrogens is 498 g/mol. The quantitative estimate of drug-likeness (QED) is 0.386. The molecule has 0 unspecified atom stereocenters. The zero-order chi connectivity index (χ0) is 27.9.